The molecule has 1 aliphatic heterocycles. The van der Waals surface area contributed by atoms with Gasteiger partial charge in [0.15, 0.2) is 0 Å². The third kappa shape index (κ3) is 6.99. The zero-order chi connectivity index (χ0) is 11.6. The van der Waals surface area contributed by atoms with Crippen LogP contribution in [0.25, 0.3) is 0 Å². The van der Waals surface area contributed by atoms with Crippen molar-refractivity contribution in [3.05, 3.63) is 12.7 Å². The molecule has 1 aliphatic rings. The molecule has 0 aromatic heterocycles. The van der Waals surface area contributed by atoms with Crippen LogP contribution in [-0.4, -0.2) is 32.7 Å². The van der Waals surface area contributed by atoms with Crippen LogP contribution in [0.4, 0.5) is 0 Å². The Morgan fingerprint density at radius 2 is 2.12 bits per heavy atom. The molecule has 0 saturated carbocycles. The molecule has 1 rings (SSSR count). The Hall–Kier alpha value is -0.380. The first-order valence-electron chi connectivity index (χ1n) is 6.21. The molecular weight excluding hydrogens is 204 g/mol. The van der Waals surface area contributed by atoms with Crippen molar-refractivity contribution < 1.29 is 14.2 Å². The summed E-state index contributed by atoms with van der Waals surface area (Å²) in [6.45, 7) is 5.11. The van der Waals surface area contributed by atoms with E-state index in [1.54, 1.807) is 7.11 Å². The fourth-order valence-corrected chi connectivity index (χ4v) is 1.73. The highest BCUT2D eigenvalue weighted by Crippen LogP contribution is 2.18. The highest BCUT2D eigenvalue weighted by molar-refractivity contribution is 4.79. The second kappa shape index (κ2) is 8.74. The fourth-order valence-electron chi connectivity index (χ4n) is 1.73. The van der Waals surface area contributed by atoms with Gasteiger partial charge in [-0.25, -0.2) is 0 Å². The second-order valence-corrected chi connectivity index (χ2v) is 4.29. The van der Waals surface area contributed by atoms with Gasteiger partial charge in [-0.15, -0.1) is 6.58 Å². The van der Waals surface area contributed by atoms with Crippen LogP contribution in [0.3, 0.4) is 0 Å². The Morgan fingerprint density at radius 1 is 1.38 bits per heavy atom. The number of hydrogen-bond acceptors (Lipinski definition) is 3. The number of hydrogen-bond donors (Lipinski definition) is 0. The summed E-state index contributed by atoms with van der Waals surface area (Å²) in [6, 6.07) is 0. The lowest BCUT2D eigenvalue weighted by atomic mass is 10.1. The quantitative estimate of drug-likeness (QED) is 0.236. The lowest BCUT2D eigenvalue weighted by molar-refractivity contribution is -0.0579. The van der Waals surface area contributed by atoms with E-state index in [2.05, 4.69) is 6.58 Å². The third-order valence-electron chi connectivity index (χ3n) is 2.83. The molecule has 16 heavy (non-hydrogen) atoms. The summed E-state index contributed by atoms with van der Waals surface area (Å²) in [5.41, 5.74) is 0. The molecule has 1 unspecified atom stereocenters. The number of ether oxygens (including phenoxy) is 3. The highest BCUT2D eigenvalue weighted by atomic mass is 16.7. The summed E-state index contributed by atoms with van der Waals surface area (Å²) >= 11 is 0. The zero-order valence-corrected chi connectivity index (χ0v) is 10.3. The maximum absolute atomic E-state index is 5.43. The van der Waals surface area contributed by atoms with E-state index in [-0.39, 0.29) is 6.10 Å². The van der Waals surface area contributed by atoms with Gasteiger partial charge in [-0.3, -0.25) is 0 Å². The summed E-state index contributed by atoms with van der Waals surface area (Å²) in [6.07, 6.45) is 9.95. The average Bonchev–Trinajstić information content (AvgIpc) is 3.11. The minimum atomic E-state index is 0.145. The number of methoxy groups -OCH3 is 1. The molecule has 0 aromatic carbocycles. The van der Waals surface area contributed by atoms with Crippen LogP contribution >= 0.6 is 0 Å². The maximum Gasteiger partial charge on any atom is 0.147 e. The molecular formula is C13H24O3. The van der Waals surface area contributed by atoms with Gasteiger partial charge in [0.05, 0.1) is 18.8 Å². The lowest BCUT2D eigenvalue weighted by Crippen LogP contribution is -2.11. The van der Waals surface area contributed by atoms with Crippen molar-refractivity contribution in [1.82, 2.24) is 0 Å². The van der Waals surface area contributed by atoms with Gasteiger partial charge >= 0.3 is 0 Å². The zero-order valence-electron chi connectivity index (χ0n) is 10.3. The van der Waals surface area contributed by atoms with Crippen molar-refractivity contribution in [1.29, 1.82) is 0 Å². The second-order valence-electron chi connectivity index (χ2n) is 4.29. The van der Waals surface area contributed by atoms with Crippen LogP contribution in [0.5, 0.6) is 0 Å². The summed E-state index contributed by atoms with van der Waals surface area (Å²) in [5.74, 6) is 0. The number of unbranched alkanes of at least 4 members (excludes halogenated alkanes) is 3. The predicted molar refractivity (Wildman–Crippen MR) is 64.4 cm³/mol. The monoisotopic (exact) mass is 228 g/mol. The predicted octanol–water partition coefficient (Wildman–Crippen LogP) is 2.90. The van der Waals surface area contributed by atoms with Crippen LogP contribution in [0.1, 0.15) is 38.5 Å². The molecule has 0 aromatic rings. The summed E-state index contributed by atoms with van der Waals surface area (Å²) in [5, 5.41) is 0. The van der Waals surface area contributed by atoms with Crippen LogP contribution < -0.4 is 0 Å². The molecule has 3 nitrogen and oxygen atoms in total. The van der Waals surface area contributed by atoms with Crippen molar-refractivity contribution in [2.24, 2.45) is 0 Å². The molecule has 0 aliphatic carbocycles. The Balaban J connectivity index is 1.84. The van der Waals surface area contributed by atoms with Crippen molar-refractivity contribution in [3.8, 4) is 0 Å². The fraction of sp³-hybridized carbons (Fsp3) is 0.846. The molecule has 0 spiro atoms. The van der Waals surface area contributed by atoms with E-state index in [0.717, 1.165) is 13.0 Å². The van der Waals surface area contributed by atoms with Crippen LogP contribution in [0.15, 0.2) is 12.7 Å². The maximum atomic E-state index is 5.43. The van der Waals surface area contributed by atoms with E-state index in [9.17, 15) is 0 Å². The number of epoxide rings is 1. The minimum absolute atomic E-state index is 0.145. The Bertz CT molecular complexity index is 178. The Kier molecular flexibility index (Phi) is 7.47. The molecule has 1 saturated heterocycles. The molecule has 0 N–H and O–H groups in total. The smallest absolute Gasteiger partial charge is 0.147 e. The molecule has 2 atom stereocenters. The summed E-state index contributed by atoms with van der Waals surface area (Å²) < 4.78 is 15.5. The summed E-state index contributed by atoms with van der Waals surface area (Å²) in [4.78, 5) is 0. The van der Waals surface area contributed by atoms with E-state index in [0.29, 0.717) is 12.9 Å². The SMILES string of the molecule is C=C[C@H](CCCCCCC1CO1)OCOC. The van der Waals surface area contributed by atoms with Crippen LogP contribution in [0.2, 0.25) is 0 Å². The van der Waals surface area contributed by atoms with E-state index in [4.69, 9.17) is 14.2 Å². The Labute approximate surface area is 98.8 Å². The molecule has 3 heteroatoms. The normalized spacial score (nSPS) is 20.7. The van der Waals surface area contributed by atoms with E-state index in [1.165, 1.54) is 32.1 Å². The first-order valence-corrected chi connectivity index (χ1v) is 6.21. The van der Waals surface area contributed by atoms with Gasteiger partial charge in [0.25, 0.3) is 0 Å². The lowest BCUT2D eigenvalue weighted by Gasteiger charge is -2.12. The van der Waals surface area contributed by atoms with Gasteiger partial charge in [0, 0.05) is 7.11 Å². The standard InChI is InChI=1S/C13H24O3/c1-3-12(16-11-14-2)8-6-4-5-7-9-13-10-15-13/h3,12-13H,1,4-11H2,2H3/t12-,13?/m1/s1. The molecule has 0 bridgehead atoms. The van der Waals surface area contributed by atoms with Crippen LogP contribution in [-0.2, 0) is 14.2 Å². The van der Waals surface area contributed by atoms with Gasteiger partial charge < -0.3 is 14.2 Å². The van der Waals surface area contributed by atoms with Gasteiger partial charge in [-0.05, 0) is 12.8 Å². The third-order valence-corrected chi connectivity index (χ3v) is 2.83. The first kappa shape index (κ1) is 13.7. The largest absolute Gasteiger partial charge is 0.373 e. The van der Waals surface area contributed by atoms with E-state index < -0.39 is 0 Å². The van der Waals surface area contributed by atoms with Crippen LogP contribution in [0, 0.1) is 0 Å². The minimum Gasteiger partial charge on any atom is -0.373 e. The Morgan fingerprint density at radius 3 is 2.75 bits per heavy atom. The van der Waals surface area contributed by atoms with Crippen molar-refractivity contribution in [2.75, 3.05) is 20.5 Å². The molecule has 1 fully saturated rings. The summed E-state index contributed by atoms with van der Waals surface area (Å²) in [7, 11) is 1.64. The van der Waals surface area contributed by atoms with Gasteiger partial charge in [0.2, 0.25) is 0 Å². The van der Waals surface area contributed by atoms with Crippen molar-refractivity contribution in [3.63, 3.8) is 0 Å². The average molecular weight is 228 g/mol. The van der Waals surface area contributed by atoms with Crippen molar-refractivity contribution >= 4 is 0 Å². The van der Waals surface area contributed by atoms with Gasteiger partial charge in [-0.1, -0.05) is 31.8 Å². The van der Waals surface area contributed by atoms with E-state index in [1.807, 2.05) is 6.08 Å². The van der Waals surface area contributed by atoms with Crippen molar-refractivity contribution in [2.45, 2.75) is 50.7 Å². The first-order chi connectivity index (χ1) is 7.86. The molecule has 1 heterocycles. The molecule has 0 amide bonds. The van der Waals surface area contributed by atoms with E-state index >= 15 is 0 Å². The molecule has 0 radical (unpaired) electrons. The van der Waals surface area contributed by atoms with Gasteiger partial charge in [0.1, 0.15) is 6.79 Å². The topological polar surface area (TPSA) is 31.0 Å². The van der Waals surface area contributed by atoms with Gasteiger partial charge in [-0.2, -0.15) is 0 Å². The molecule has 94 valence electrons. The highest BCUT2D eigenvalue weighted by Gasteiger charge is 2.20. The number of rotatable bonds is 11.